The van der Waals surface area contributed by atoms with Crippen molar-refractivity contribution < 1.29 is 9.53 Å². The second kappa shape index (κ2) is 5.09. The van der Waals surface area contributed by atoms with Gasteiger partial charge in [0.25, 0.3) is 0 Å². The summed E-state index contributed by atoms with van der Waals surface area (Å²) in [5, 5.41) is 8.22. The summed E-state index contributed by atoms with van der Waals surface area (Å²) in [5.41, 5.74) is 0.770. The van der Waals surface area contributed by atoms with E-state index in [1.165, 1.54) is 6.20 Å². The summed E-state index contributed by atoms with van der Waals surface area (Å²) < 4.78 is 7.72. The molecule has 7 heteroatoms. The third-order valence-electron chi connectivity index (χ3n) is 2.28. The average Bonchev–Trinajstić information content (AvgIpc) is 2.54. The number of rotatable bonds is 2. The first kappa shape index (κ1) is 14.3. The summed E-state index contributed by atoms with van der Waals surface area (Å²) >= 11 is 9.46. The second-order valence-electron chi connectivity index (χ2n) is 5.08. The fourth-order valence-corrected chi connectivity index (χ4v) is 2.45. The number of carbonyl (C=O) groups excluding carboxylic acids is 1. The number of esters is 1. The lowest BCUT2D eigenvalue weighted by molar-refractivity contribution is -0.155. The predicted molar refractivity (Wildman–Crippen MR) is 76.1 cm³/mol. The molecule has 0 amide bonds. The third kappa shape index (κ3) is 3.25. The molecule has 0 aliphatic rings. The van der Waals surface area contributed by atoms with E-state index in [9.17, 15) is 4.79 Å². The molecule has 0 aromatic carbocycles. The fourth-order valence-electron chi connectivity index (χ4n) is 1.69. The summed E-state index contributed by atoms with van der Waals surface area (Å²) in [7, 11) is 0. The molecule has 0 atom stereocenters. The number of ether oxygens (including phenoxy) is 1. The minimum absolute atomic E-state index is 0.0742. The molecule has 0 aliphatic heterocycles. The summed E-state index contributed by atoms with van der Waals surface area (Å²) in [5.74, 6) is -0.329. The molecule has 0 N–H and O–H groups in total. The van der Waals surface area contributed by atoms with E-state index in [1.54, 1.807) is 10.8 Å². The molecule has 0 radical (unpaired) electrons. The number of hydrogen-bond acceptors (Lipinski definition) is 4. The summed E-state index contributed by atoms with van der Waals surface area (Å²) in [6, 6.07) is 0. The van der Waals surface area contributed by atoms with E-state index in [0.717, 1.165) is 4.47 Å². The van der Waals surface area contributed by atoms with Crippen molar-refractivity contribution in [3.63, 3.8) is 0 Å². The van der Waals surface area contributed by atoms with Gasteiger partial charge in [0.15, 0.2) is 0 Å². The molecule has 5 nitrogen and oxygen atoms in total. The number of fused-ring (bicyclic) bond motifs is 1. The summed E-state index contributed by atoms with van der Waals surface area (Å²) in [6.45, 7) is 5.55. The number of aromatic nitrogens is 3. The molecule has 0 bridgehead atoms. The highest BCUT2D eigenvalue weighted by Crippen LogP contribution is 2.28. The van der Waals surface area contributed by atoms with Gasteiger partial charge in [-0.05, 0) is 36.7 Å². The lowest BCUT2D eigenvalue weighted by atomic mass is 10.2. The molecule has 2 aromatic rings. The first-order valence-electron chi connectivity index (χ1n) is 5.65. The standard InChI is InChI=1S/C12H13BrClN3O2/c1-12(2,3)19-9(18)6-17-5-7(13)10-11(17)8(14)4-15-16-10/h4-5H,6H2,1-3H3. The highest BCUT2D eigenvalue weighted by Gasteiger charge is 2.19. The molecule has 0 spiro atoms. The van der Waals surface area contributed by atoms with Crippen molar-refractivity contribution in [3.8, 4) is 0 Å². The maximum Gasteiger partial charge on any atom is 0.326 e. The Morgan fingerprint density at radius 3 is 2.84 bits per heavy atom. The molecule has 0 saturated carbocycles. The van der Waals surface area contributed by atoms with Gasteiger partial charge in [-0.15, -0.1) is 5.10 Å². The Morgan fingerprint density at radius 2 is 2.21 bits per heavy atom. The molecule has 0 saturated heterocycles. The normalized spacial score (nSPS) is 11.8. The Bertz CT molecular complexity index is 634. The van der Waals surface area contributed by atoms with Gasteiger partial charge < -0.3 is 9.30 Å². The van der Waals surface area contributed by atoms with Crippen molar-refractivity contribution in [2.75, 3.05) is 0 Å². The van der Waals surface area contributed by atoms with Crippen LogP contribution < -0.4 is 0 Å². The van der Waals surface area contributed by atoms with Gasteiger partial charge >= 0.3 is 5.97 Å². The van der Waals surface area contributed by atoms with E-state index in [2.05, 4.69) is 26.1 Å². The molecule has 0 fully saturated rings. The monoisotopic (exact) mass is 345 g/mol. The smallest absolute Gasteiger partial charge is 0.326 e. The fraction of sp³-hybridized carbons (Fsp3) is 0.417. The number of halogens is 2. The van der Waals surface area contributed by atoms with Gasteiger partial charge in [0.1, 0.15) is 17.7 Å². The molecule has 2 heterocycles. The van der Waals surface area contributed by atoms with Crippen LogP contribution >= 0.6 is 27.5 Å². The van der Waals surface area contributed by atoms with Gasteiger partial charge in [0, 0.05) is 6.20 Å². The average molecular weight is 347 g/mol. The van der Waals surface area contributed by atoms with Crippen LogP contribution in [0.3, 0.4) is 0 Å². The van der Waals surface area contributed by atoms with Gasteiger partial charge in [0.05, 0.1) is 21.2 Å². The van der Waals surface area contributed by atoms with E-state index >= 15 is 0 Å². The minimum Gasteiger partial charge on any atom is -0.459 e. The first-order valence-corrected chi connectivity index (χ1v) is 6.82. The van der Waals surface area contributed by atoms with Crippen molar-refractivity contribution in [1.82, 2.24) is 14.8 Å². The van der Waals surface area contributed by atoms with E-state index < -0.39 is 5.60 Å². The van der Waals surface area contributed by atoms with Crippen LogP contribution in [0.5, 0.6) is 0 Å². The quantitative estimate of drug-likeness (QED) is 0.784. The zero-order valence-electron chi connectivity index (χ0n) is 10.8. The van der Waals surface area contributed by atoms with Crippen LogP contribution in [0.15, 0.2) is 16.9 Å². The van der Waals surface area contributed by atoms with Crippen molar-refractivity contribution in [2.24, 2.45) is 0 Å². The largest absolute Gasteiger partial charge is 0.459 e. The SMILES string of the molecule is CC(C)(C)OC(=O)Cn1cc(Br)c2nncc(Cl)c21. The van der Waals surface area contributed by atoms with Gasteiger partial charge in [-0.25, -0.2) is 0 Å². The van der Waals surface area contributed by atoms with Crippen molar-refractivity contribution >= 4 is 44.5 Å². The van der Waals surface area contributed by atoms with Gasteiger partial charge in [-0.1, -0.05) is 11.6 Å². The van der Waals surface area contributed by atoms with Gasteiger partial charge in [0.2, 0.25) is 0 Å². The Balaban J connectivity index is 2.34. The number of nitrogens with zero attached hydrogens (tertiary/aromatic N) is 3. The molecular weight excluding hydrogens is 334 g/mol. The molecule has 0 unspecified atom stereocenters. The zero-order valence-corrected chi connectivity index (χ0v) is 13.1. The lowest BCUT2D eigenvalue weighted by Crippen LogP contribution is -2.26. The zero-order chi connectivity index (χ0) is 14.2. The van der Waals surface area contributed by atoms with Gasteiger partial charge in [-0.2, -0.15) is 5.10 Å². The highest BCUT2D eigenvalue weighted by atomic mass is 79.9. The Kier molecular flexibility index (Phi) is 3.82. The van der Waals surface area contributed by atoms with Crippen molar-refractivity contribution in [3.05, 3.63) is 21.9 Å². The molecule has 2 aromatic heterocycles. The van der Waals surface area contributed by atoms with Crippen LogP contribution in [0.2, 0.25) is 5.02 Å². The van der Waals surface area contributed by atoms with Gasteiger partial charge in [-0.3, -0.25) is 4.79 Å². The van der Waals surface area contributed by atoms with Crippen LogP contribution in [0, 0.1) is 0 Å². The highest BCUT2D eigenvalue weighted by molar-refractivity contribution is 9.10. The number of carbonyl (C=O) groups is 1. The van der Waals surface area contributed by atoms with Crippen LogP contribution in [0.4, 0.5) is 0 Å². The second-order valence-corrected chi connectivity index (χ2v) is 6.34. The predicted octanol–water partition coefficient (Wildman–Crippen LogP) is 3.19. The topological polar surface area (TPSA) is 57.0 Å². The third-order valence-corrected chi connectivity index (χ3v) is 3.14. The summed E-state index contributed by atoms with van der Waals surface area (Å²) in [4.78, 5) is 11.9. The summed E-state index contributed by atoms with van der Waals surface area (Å²) in [6.07, 6.45) is 3.19. The minimum atomic E-state index is -0.513. The van der Waals surface area contributed by atoms with E-state index in [4.69, 9.17) is 16.3 Å². The Labute approximate surface area is 124 Å². The Hall–Kier alpha value is -1.14. The van der Waals surface area contributed by atoms with Crippen LogP contribution in [-0.2, 0) is 16.1 Å². The van der Waals surface area contributed by atoms with Crippen LogP contribution in [0.1, 0.15) is 20.8 Å². The van der Waals surface area contributed by atoms with E-state index in [0.29, 0.717) is 16.1 Å². The molecule has 2 rings (SSSR count). The van der Waals surface area contributed by atoms with Crippen molar-refractivity contribution in [1.29, 1.82) is 0 Å². The molecule has 0 aliphatic carbocycles. The first-order chi connectivity index (χ1) is 8.78. The maximum atomic E-state index is 11.9. The van der Waals surface area contributed by atoms with Crippen LogP contribution in [0.25, 0.3) is 11.0 Å². The van der Waals surface area contributed by atoms with E-state index in [-0.39, 0.29) is 12.5 Å². The van der Waals surface area contributed by atoms with E-state index in [1.807, 2.05) is 20.8 Å². The Morgan fingerprint density at radius 1 is 1.53 bits per heavy atom. The molecule has 19 heavy (non-hydrogen) atoms. The lowest BCUT2D eigenvalue weighted by Gasteiger charge is -2.19. The maximum absolute atomic E-state index is 11.9. The number of hydrogen-bond donors (Lipinski definition) is 0. The van der Waals surface area contributed by atoms with Crippen molar-refractivity contribution in [2.45, 2.75) is 32.9 Å². The molecular formula is C12H13BrClN3O2. The molecule has 102 valence electrons. The van der Waals surface area contributed by atoms with Crippen LogP contribution in [-0.4, -0.2) is 26.3 Å².